The number of nitrogens with zero attached hydrogens (tertiary/aromatic N) is 1. The summed E-state index contributed by atoms with van der Waals surface area (Å²) in [6.45, 7) is 4.26. The molecule has 110 valence electrons. The number of carbonyl (C=O) groups is 1. The first-order chi connectivity index (χ1) is 9.10. The number of rotatable bonds is 8. The van der Waals surface area contributed by atoms with Crippen molar-refractivity contribution in [2.75, 3.05) is 0 Å². The van der Waals surface area contributed by atoms with Gasteiger partial charge in [0.05, 0.1) is 5.92 Å². The van der Waals surface area contributed by atoms with Gasteiger partial charge in [-0.05, 0) is 24.7 Å². The first-order valence-corrected chi connectivity index (χ1v) is 7.68. The SMILES string of the molecule is CCCCCCC[C@@H]1CC(C)CC([N+](=O)[O-])C1C=O. The van der Waals surface area contributed by atoms with Gasteiger partial charge in [-0.3, -0.25) is 10.1 Å². The van der Waals surface area contributed by atoms with Crippen molar-refractivity contribution >= 4 is 6.29 Å². The number of hydrogen-bond acceptors (Lipinski definition) is 3. The topological polar surface area (TPSA) is 60.2 Å². The van der Waals surface area contributed by atoms with E-state index in [1.165, 1.54) is 25.7 Å². The number of aldehydes is 1. The zero-order valence-corrected chi connectivity index (χ0v) is 12.2. The lowest BCUT2D eigenvalue weighted by Gasteiger charge is -2.33. The highest BCUT2D eigenvalue weighted by Gasteiger charge is 2.42. The third-order valence-electron chi connectivity index (χ3n) is 4.44. The van der Waals surface area contributed by atoms with Crippen molar-refractivity contribution in [3.8, 4) is 0 Å². The fourth-order valence-corrected chi connectivity index (χ4v) is 3.40. The van der Waals surface area contributed by atoms with E-state index in [9.17, 15) is 14.9 Å². The molecule has 0 N–H and O–H groups in total. The summed E-state index contributed by atoms with van der Waals surface area (Å²) in [6, 6.07) is -0.651. The molecular weight excluding hydrogens is 242 g/mol. The Balaban J connectivity index is 2.48. The van der Waals surface area contributed by atoms with Gasteiger partial charge in [-0.1, -0.05) is 46.0 Å². The van der Waals surface area contributed by atoms with Gasteiger partial charge in [0, 0.05) is 11.3 Å². The molecule has 3 unspecified atom stereocenters. The van der Waals surface area contributed by atoms with Crippen LogP contribution < -0.4 is 0 Å². The van der Waals surface area contributed by atoms with Crippen LogP contribution in [-0.4, -0.2) is 17.3 Å². The van der Waals surface area contributed by atoms with E-state index in [1.54, 1.807) is 0 Å². The van der Waals surface area contributed by atoms with Crippen molar-refractivity contribution in [3.05, 3.63) is 10.1 Å². The molecule has 0 aliphatic heterocycles. The minimum atomic E-state index is -0.651. The molecule has 1 fully saturated rings. The van der Waals surface area contributed by atoms with Gasteiger partial charge in [0.15, 0.2) is 0 Å². The molecule has 1 saturated carbocycles. The van der Waals surface area contributed by atoms with E-state index in [-0.39, 0.29) is 16.8 Å². The van der Waals surface area contributed by atoms with Gasteiger partial charge in [0.1, 0.15) is 6.29 Å². The van der Waals surface area contributed by atoms with Gasteiger partial charge >= 0.3 is 0 Å². The number of hydrogen-bond donors (Lipinski definition) is 0. The summed E-state index contributed by atoms with van der Waals surface area (Å²) in [6.07, 6.45) is 9.36. The van der Waals surface area contributed by atoms with Crippen molar-refractivity contribution in [1.29, 1.82) is 0 Å². The van der Waals surface area contributed by atoms with Gasteiger partial charge in [0.2, 0.25) is 6.04 Å². The quantitative estimate of drug-likeness (QED) is 0.291. The summed E-state index contributed by atoms with van der Waals surface area (Å²) in [4.78, 5) is 22.1. The highest BCUT2D eigenvalue weighted by molar-refractivity contribution is 5.55. The van der Waals surface area contributed by atoms with Crippen LogP contribution in [0.25, 0.3) is 0 Å². The van der Waals surface area contributed by atoms with Crippen LogP contribution in [0.1, 0.15) is 65.2 Å². The first-order valence-electron chi connectivity index (χ1n) is 7.68. The van der Waals surface area contributed by atoms with Crippen LogP contribution in [0.4, 0.5) is 0 Å². The minimum Gasteiger partial charge on any atom is -0.303 e. The first kappa shape index (κ1) is 16.1. The monoisotopic (exact) mass is 269 g/mol. The summed E-state index contributed by atoms with van der Waals surface area (Å²) >= 11 is 0. The lowest BCUT2D eigenvalue weighted by Crippen LogP contribution is -2.41. The fraction of sp³-hybridized carbons (Fsp3) is 0.933. The van der Waals surface area contributed by atoms with Crippen LogP contribution in [0.2, 0.25) is 0 Å². The second kappa shape index (κ2) is 8.28. The van der Waals surface area contributed by atoms with Crippen molar-refractivity contribution in [1.82, 2.24) is 0 Å². The van der Waals surface area contributed by atoms with Crippen molar-refractivity contribution in [2.24, 2.45) is 17.8 Å². The number of carbonyl (C=O) groups excluding carboxylic acids is 1. The van der Waals surface area contributed by atoms with Crippen LogP contribution in [-0.2, 0) is 4.79 Å². The largest absolute Gasteiger partial charge is 0.303 e. The van der Waals surface area contributed by atoms with Crippen LogP contribution in [0.15, 0.2) is 0 Å². The average molecular weight is 269 g/mol. The number of unbranched alkanes of at least 4 members (excludes halogenated alkanes) is 4. The molecule has 1 aliphatic rings. The summed E-state index contributed by atoms with van der Waals surface area (Å²) in [5.74, 6) is 0.225. The van der Waals surface area contributed by atoms with E-state index in [0.29, 0.717) is 12.3 Å². The average Bonchev–Trinajstić information content (AvgIpc) is 2.37. The molecule has 19 heavy (non-hydrogen) atoms. The molecule has 1 aliphatic carbocycles. The normalized spacial score (nSPS) is 31.1. The molecule has 0 saturated heterocycles. The van der Waals surface area contributed by atoms with E-state index < -0.39 is 6.04 Å². The van der Waals surface area contributed by atoms with Crippen LogP contribution in [0, 0.1) is 27.9 Å². The fourth-order valence-electron chi connectivity index (χ4n) is 3.40. The summed E-state index contributed by atoms with van der Waals surface area (Å²) in [5, 5.41) is 11.1. The Hall–Kier alpha value is -0.930. The van der Waals surface area contributed by atoms with E-state index >= 15 is 0 Å². The van der Waals surface area contributed by atoms with Gasteiger partial charge in [-0.25, -0.2) is 0 Å². The number of nitro groups is 1. The molecular formula is C15H27NO3. The van der Waals surface area contributed by atoms with Gasteiger partial charge in [0.25, 0.3) is 0 Å². The molecule has 0 radical (unpaired) electrons. The highest BCUT2D eigenvalue weighted by atomic mass is 16.6. The lowest BCUT2D eigenvalue weighted by molar-refractivity contribution is -0.535. The van der Waals surface area contributed by atoms with Crippen molar-refractivity contribution < 1.29 is 9.72 Å². The Kier molecular flexibility index (Phi) is 7.03. The van der Waals surface area contributed by atoms with Crippen LogP contribution in [0.3, 0.4) is 0 Å². The smallest absolute Gasteiger partial charge is 0.223 e. The van der Waals surface area contributed by atoms with Gasteiger partial charge in [-0.2, -0.15) is 0 Å². The molecule has 0 spiro atoms. The van der Waals surface area contributed by atoms with Gasteiger partial charge < -0.3 is 4.79 Å². The molecule has 4 atom stereocenters. The van der Waals surface area contributed by atoms with Crippen molar-refractivity contribution in [2.45, 2.75) is 71.3 Å². The Bertz CT molecular complexity index is 293. The summed E-state index contributed by atoms with van der Waals surface area (Å²) in [7, 11) is 0. The lowest BCUT2D eigenvalue weighted by atomic mass is 9.70. The third-order valence-corrected chi connectivity index (χ3v) is 4.44. The molecule has 0 aromatic rings. The highest BCUT2D eigenvalue weighted by Crippen LogP contribution is 2.37. The second-order valence-corrected chi connectivity index (χ2v) is 6.11. The minimum absolute atomic E-state index is 0.221. The standard InChI is InChI=1S/C15H27NO3/c1-3-4-5-6-7-8-13-9-12(2)10-15(16(18)19)14(13)11-17/h11-15H,3-10H2,1-2H3/t12?,13-,14?,15?/m1/s1. The molecule has 0 aromatic heterocycles. The Morgan fingerprint density at radius 1 is 1.21 bits per heavy atom. The van der Waals surface area contributed by atoms with E-state index in [2.05, 4.69) is 13.8 Å². The van der Waals surface area contributed by atoms with Crippen LogP contribution in [0.5, 0.6) is 0 Å². The zero-order chi connectivity index (χ0) is 14.3. The molecule has 1 rings (SSSR count). The maximum absolute atomic E-state index is 11.2. The molecule has 4 nitrogen and oxygen atoms in total. The molecule has 0 amide bonds. The van der Waals surface area contributed by atoms with Crippen LogP contribution >= 0.6 is 0 Å². The Morgan fingerprint density at radius 2 is 1.89 bits per heavy atom. The zero-order valence-electron chi connectivity index (χ0n) is 12.2. The summed E-state index contributed by atoms with van der Waals surface area (Å²) < 4.78 is 0. The molecule has 0 bridgehead atoms. The predicted molar refractivity (Wildman–Crippen MR) is 75.6 cm³/mol. The maximum Gasteiger partial charge on any atom is 0.223 e. The Morgan fingerprint density at radius 3 is 2.47 bits per heavy atom. The predicted octanol–water partition coefficient (Wildman–Crippen LogP) is 3.85. The third kappa shape index (κ3) is 4.92. The molecule has 4 heteroatoms. The van der Waals surface area contributed by atoms with Crippen molar-refractivity contribution in [3.63, 3.8) is 0 Å². The van der Waals surface area contributed by atoms with Gasteiger partial charge in [-0.15, -0.1) is 0 Å². The second-order valence-electron chi connectivity index (χ2n) is 6.11. The maximum atomic E-state index is 11.2. The van der Waals surface area contributed by atoms with E-state index in [4.69, 9.17) is 0 Å². The molecule has 0 aromatic carbocycles. The Labute approximate surface area is 116 Å². The van der Waals surface area contributed by atoms with E-state index in [1.807, 2.05) is 0 Å². The van der Waals surface area contributed by atoms with E-state index in [0.717, 1.165) is 25.5 Å². The summed E-state index contributed by atoms with van der Waals surface area (Å²) in [5.41, 5.74) is 0. The molecule has 0 heterocycles.